The Morgan fingerprint density at radius 3 is 2.68 bits per heavy atom. The second kappa shape index (κ2) is 7.51. The van der Waals surface area contributed by atoms with Gasteiger partial charge in [0.1, 0.15) is 5.75 Å². The minimum absolute atomic E-state index is 0.355. The van der Waals surface area contributed by atoms with Gasteiger partial charge in [-0.05, 0) is 38.4 Å². The van der Waals surface area contributed by atoms with E-state index in [1.165, 1.54) is 25.7 Å². The number of para-hydroxylation sites is 1. The van der Waals surface area contributed by atoms with Crippen LogP contribution in [0.25, 0.3) is 0 Å². The van der Waals surface area contributed by atoms with Crippen LogP contribution in [0, 0.1) is 0 Å². The maximum atomic E-state index is 6.20. The van der Waals surface area contributed by atoms with Gasteiger partial charge in [0.05, 0.1) is 6.61 Å². The molecule has 0 radical (unpaired) electrons. The molecule has 0 aliphatic heterocycles. The van der Waals surface area contributed by atoms with Gasteiger partial charge in [-0.25, -0.2) is 0 Å². The Hall–Kier alpha value is -1.06. The van der Waals surface area contributed by atoms with Gasteiger partial charge in [-0.1, -0.05) is 31.0 Å². The summed E-state index contributed by atoms with van der Waals surface area (Å²) < 4.78 is 5.71. The number of rotatable bonds is 6. The van der Waals surface area contributed by atoms with Crippen LogP contribution in [-0.2, 0) is 0 Å². The van der Waals surface area contributed by atoms with E-state index >= 15 is 0 Å². The van der Waals surface area contributed by atoms with Crippen molar-refractivity contribution in [3.05, 3.63) is 30.3 Å². The van der Waals surface area contributed by atoms with Crippen molar-refractivity contribution in [3.63, 3.8) is 0 Å². The van der Waals surface area contributed by atoms with Crippen LogP contribution in [0.2, 0.25) is 0 Å². The quantitative estimate of drug-likeness (QED) is 0.801. The van der Waals surface area contributed by atoms with E-state index < -0.39 is 0 Å². The predicted molar refractivity (Wildman–Crippen MR) is 79.4 cm³/mol. The monoisotopic (exact) mass is 262 g/mol. The van der Waals surface area contributed by atoms with E-state index in [2.05, 4.69) is 11.9 Å². The largest absolute Gasteiger partial charge is 0.494 e. The molecule has 0 saturated heterocycles. The molecule has 0 bridgehead atoms. The van der Waals surface area contributed by atoms with Crippen LogP contribution in [0.3, 0.4) is 0 Å². The summed E-state index contributed by atoms with van der Waals surface area (Å²) in [6.45, 7) is 1.83. The van der Waals surface area contributed by atoms with Crippen molar-refractivity contribution in [2.24, 2.45) is 5.73 Å². The van der Waals surface area contributed by atoms with Gasteiger partial charge in [-0.3, -0.25) is 0 Å². The first kappa shape index (κ1) is 14.4. The Kier molecular flexibility index (Phi) is 5.67. The van der Waals surface area contributed by atoms with Crippen LogP contribution in [0.15, 0.2) is 30.3 Å². The van der Waals surface area contributed by atoms with Crippen molar-refractivity contribution in [2.75, 3.05) is 20.2 Å². The summed E-state index contributed by atoms with van der Waals surface area (Å²) in [6.07, 6.45) is 6.09. The van der Waals surface area contributed by atoms with E-state index in [4.69, 9.17) is 10.5 Å². The van der Waals surface area contributed by atoms with Gasteiger partial charge in [0, 0.05) is 18.6 Å². The fourth-order valence-corrected chi connectivity index (χ4v) is 2.87. The zero-order valence-corrected chi connectivity index (χ0v) is 11.9. The molecule has 2 rings (SSSR count). The Morgan fingerprint density at radius 1 is 1.21 bits per heavy atom. The molecule has 2 N–H and O–H groups in total. The SMILES string of the molecule is CN(CCCOc1ccccc1)C1CCCCC1N. The highest BCUT2D eigenvalue weighted by Gasteiger charge is 2.24. The first-order chi connectivity index (χ1) is 9.27. The molecule has 1 fully saturated rings. The Bertz CT molecular complexity index is 355. The van der Waals surface area contributed by atoms with E-state index in [1.54, 1.807) is 0 Å². The molecule has 106 valence electrons. The molecule has 1 aromatic rings. The van der Waals surface area contributed by atoms with Crippen molar-refractivity contribution >= 4 is 0 Å². The first-order valence-electron chi connectivity index (χ1n) is 7.41. The van der Waals surface area contributed by atoms with Crippen LogP contribution in [0.4, 0.5) is 0 Å². The third-order valence-electron chi connectivity index (χ3n) is 4.01. The average molecular weight is 262 g/mol. The Labute approximate surface area is 116 Å². The van der Waals surface area contributed by atoms with Gasteiger partial charge < -0.3 is 15.4 Å². The molecule has 0 spiro atoms. The van der Waals surface area contributed by atoms with E-state index in [0.29, 0.717) is 12.1 Å². The van der Waals surface area contributed by atoms with Crippen LogP contribution >= 0.6 is 0 Å². The topological polar surface area (TPSA) is 38.5 Å². The average Bonchev–Trinajstić information content (AvgIpc) is 2.45. The maximum absolute atomic E-state index is 6.20. The summed E-state index contributed by atoms with van der Waals surface area (Å²) in [5.41, 5.74) is 6.20. The Balaban J connectivity index is 1.65. The second-order valence-corrected chi connectivity index (χ2v) is 5.51. The summed E-state index contributed by atoms with van der Waals surface area (Å²) in [5, 5.41) is 0. The molecule has 2 atom stereocenters. The van der Waals surface area contributed by atoms with Crippen molar-refractivity contribution < 1.29 is 4.74 Å². The lowest BCUT2D eigenvalue weighted by atomic mass is 9.90. The van der Waals surface area contributed by atoms with E-state index in [9.17, 15) is 0 Å². The Morgan fingerprint density at radius 2 is 1.95 bits per heavy atom. The third-order valence-corrected chi connectivity index (χ3v) is 4.01. The highest BCUT2D eigenvalue weighted by atomic mass is 16.5. The van der Waals surface area contributed by atoms with Crippen LogP contribution < -0.4 is 10.5 Å². The number of hydrogen-bond acceptors (Lipinski definition) is 3. The smallest absolute Gasteiger partial charge is 0.119 e. The molecule has 1 saturated carbocycles. The van der Waals surface area contributed by atoms with Crippen LogP contribution in [0.5, 0.6) is 5.75 Å². The predicted octanol–water partition coefficient (Wildman–Crippen LogP) is 2.66. The molecule has 2 unspecified atom stereocenters. The van der Waals surface area contributed by atoms with Gasteiger partial charge in [0.2, 0.25) is 0 Å². The number of nitrogens with zero attached hydrogens (tertiary/aromatic N) is 1. The molecular formula is C16H26N2O. The van der Waals surface area contributed by atoms with Crippen molar-refractivity contribution in [1.82, 2.24) is 4.90 Å². The molecule has 1 aliphatic carbocycles. The summed E-state index contributed by atoms with van der Waals surface area (Å²) in [6, 6.07) is 10.9. The van der Waals surface area contributed by atoms with Gasteiger partial charge in [-0.2, -0.15) is 0 Å². The molecule has 0 heterocycles. The van der Waals surface area contributed by atoms with Crippen molar-refractivity contribution in [2.45, 2.75) is 44.2 Å². The standard InChI is InChI=1S/C16H26N2O/c1-18(16-11-6-5-10-15(16)17)12-7-13-19-14-8-3-2-4-9-14/h2-4,8-9,15-16H,5-7,10-13,17H2,1H3. The van der Waals surface area contributed by atoms with Gasteiger partial charge in [0.15, 0.2) is 0 Å². The lowest BCUT2D eigenvalue weighted by Crippen LogP contribution is -2.48. The molecule has 3 heteroatoms. The molecule has 19 heavy (non-hydrogen) atoms. The number of likely N-dealkylation sites (N-methyl/N-ethyl adjacent to an activating group) is 1. The zero-order valence-electron chi connectivity index (χ0n) is 11.9. The van der Waals surface area contributed by atoms with Crippen molar-refractivity contribution in [1.29, 1.82) is 0 Å². The number of ether oxygens (including phenoxy) is 1. The van der Waals surface area contributed by atoms with Gasteiger partial charge in [-0.15, -0.1) is 0 Å². The van der Waals surface area contributed by atoms with Crippen LogP contribution in [-0.4, -0.2) is 37.2 Å². The molecule has 0 amide bonds. The summed E-state index contributed by atoms with van der Waals surface area (Å²) in [7, 11) is 2.19. The van der Waals surface area contributed by atoms with Crippen LogP contribution in [0.1, 0.15) is 32.1 Å². The minimum atomic E-state index is 0.355. The van der Waals surface area contributed by atoms with E-state index in [-0.39, 0.29) is 0 Å². The highest BCUT2D eigenvalue weighted by Crippen LogP contribution is 2.21. The molecular weight excluding hydrogens is 236 g/mol. The molecule has 1 aromatic carbocycles. The summed E-state index contributed by atoms with van der Waals surface area (Å²) in [5.74, 6) is 0.958. The van der Waals surface area contributed by atoms with Gasteiger partial charge >= 0.3 is 0 Å². The molecule has 1 aliphatic rings. The second-order valence-electron chi connectivity index (χ2n) is 5.51. The summed E-state index contributed by atoms with van der Waals surface area (Å²) in [4.78, 5) is 2.41. The molecule has 0 aromatic heterocycles. The van der Waals surface area contributed by atoms with Gasteiger partial charge in [0.25, 0.3) is 0 Å². The highest BCUT2D eigenvalue weighted by molar-refractivity contribution is 5.20. The minimum Gasteiger partial charge on any atom is -0.494 e. The number of benzene rings is 1. The van der Waals surface area contributed by atoms with E-state index in [1.807, 2.05) is 30.3 Å². The zero-order chi connectivity index (χ0) is 13.5. The van der Waals surface area contributed by atoms with E-state index in [0.717, 1.165) is 25.3 Å². The third kappa shape index (κ3) is 4.51. The lowest BCUT2D eigenvalue weighted by molar-refractivity contribution is 0.158. The maximum Gasteiger partial charge on any atom is 0.119 e. The fourth-order valence-electron chi connectivity index (χ4n) is 2.87. The lowest BCUT2D eigenvalue weighted by Gasteiger charge is -2.36. The van der Waals surface area contributed by atoms with Crippen molar-refractivity contribution in [3.8, 4) is 5.75 Å². The molecule has 3 nitrogen and oxygen atoms in total. The normalized spacial score (nSPS) is 23.5. The fraction of sp³-hybridized carbons (Fsp3) is 0.625. The summed E-state index contributed by atoms with van der Waals surface area (Å²) >= 11 is 0. The first-order valence-corrected chi connectivity index (χ1v) is 7.41. The number of hydrogen-bond donors (Lipinski definition) is 1. The number of nitrogens with two attached hydrogens (primary N) is 1.